The Hall–Kier alpha value is -1.33. The maximum atomic E-state index is 4.47. The number of fused-ring (bicyclic) bond motifs is 1. The standard InChI is InChI=1S/C14H12BrN3S/c1-2-11(15)13-17-18-14(19-13)12-10-6-4-3-5-9(10)7-8-16-12/h3-8,11H,2H2,1H3. The summed E-state index contributed by atoms with van der Waals surface area (Å²) in [6.45, 7) is 2.12. The highest BCUT2D eigenvalue weighted by atomic mass is 79.9. The van der Waals surface area contributed by atoms with Gasteiger partial charge < -0.3 is 0 Å². The van der Waals surface area contributed by atoms with Crippen molar-refractivity contribution in [2.45, 2.75) is 18.2 Å². The van der Waals surface area contributed by atoms with Gasteiger partial charge in [0.2, 0.25) is 0 Å². The molecule has 5 heteroatoms. The van der Waals surface area contributed by atoms with E-state index in [1.165, 1.54) is 5.39 Å². The van der Waals surface area contributed by atoms with Gasteiger partial charge in [0, 0.05) is 11.6 Å². The van der Waals surface area contributed by atoms with Gasteiger partial charge in [0.1, 0.15) is 10.7 Å². The van der Waals surface area contributed by atoms with Gasteiger partial charge in [-0.25, -0.2) is 0 Å². The van der Waals surface area contributed by atoms with Crippen LogP contribution in [-0.4, -0.2) is 15.2 Å². The second-order valence-corrected chi connectivity index (χ2v) is 6.32. The molecule has 0 aliphatic heterocycles. The molecule has 0 bridgehead atoms. The Morgan fingerprint density at radius 2 is 2.05 bits per heavy atom. The third-order valence-electron chi connectivity index (χ3n) is 2.94. The van der Waals surface area contributed by atoms with Crippen molar-refractivity contribution >= 4 is 38.0 Å². The van der Waals surface area contributed by atoms with Crippen LogP contribution in [0.4, 0.5) is 0 Å². The minimum Gasteiger partial charge on any atom is -0.253 e. The first-order valence-corrected chi connectivity index (χ1v) is 7.84. The summed E-state index contributed by atoms with van der Waals surface area (Å²) in [7, 11) is 0. The first-order chi connectivity index (χ1) is 9.29. The molecule has 0 spiro atoms. The van der Waals surface area contributed by atoms with Gasteiger partial charge in [-0.05, 0) is 17.9 Å². The lowest BCUT2D eigenvalue weighted by Gasteiger charge is -2.01. The van der Waals surface area contributed by atoms with Gasteiger partial charge in [-0.3, -0.25) is 4.98 Å². The number of hydrogen-bond donors (Lipinski definition) is 0. The van der Waals surface area contributed by atoms with E-state index in [1.54, 1.807) is 11.3 Å². The topological polar surface area (TPSA) is 38.7 Å². The zero-order chi connectivity index (χ0) is 13.2. The Labute approximate surface area is 123 Å². The van der Waals surface area contributed by atoms with Gasteiger partial charge in [0.25, 0.3) is 0 Å². The maximum Gasteiger partial charge on any atom is 0.166 e. The molecule has 0 saturated heterocycles. The van der Waals surface area contributed by atoms with Crippen molar-refractivity contribution in [2.75, 3.05) is 0 Å². The molecule has 3 aromatic rings. The molecule has 0 aliphatic rings. The van der Waals surface area contributed by atoms with Crippen LogP contribution < -0.4 is 0 Å². The molecule has 0 aliphatic carbocycles. The van der Waals surface area contributed by atoms with Crippen LogP contribution in [0.1, 0.15) is 23.2 Å². The molecule has 96 valence electrons. The summed E-state index contributed by atoms with van der Waals surface area (Å²) in [4.78, 5) is 4.74. The minimum atomic E-state index is 0.272. The van der Waals surface area contributed by atoms with Crippen LogP contribution in [0.2, 0.25) is 0 Å². The molecule has 3 rings (SSSR count). The second kappa shape index (κ2) is 5.35. The van der Waals surface area contributed by atoms with Crippen molar-refractivity contribution < 1.29 is 0 Å². The van der Waals surface area contributed by atoms with Crippen LogP contribution in [0, 0.1) is 0 Å². The van der Waals surface area contributed by atoms with E-state index >= 15 is 0 Å². The van der Waals surface area contributed by atoms with Crippen molar-refractivity contribution in [3.05, 3.63) is 41.5 Å². The third kappa shape index (κ3) is 2.40. The van der Waals surface area contributed by atoms with Crippen LogP contribution in [0.5, 0.6) is 0 Å². The predicted octanol–water partition coefficient (Wildman–Crippen LogP) is 4.60. The van der Waals surface area contributed by atoms with Gasteiger partial charge in [0.05, 0.1) is 4.83 Å². The number of benzene rings is 1. The summed E-state index contributed by atoms with van der Waals surface area (Å²) < 4.78 is 0. The number of nitrogens with zero attached hydrogens (tertiary/aromatic N) is 3. The summed E-state index contributed by atoms with van der Waals surface area (Å²) in [6.07, 6.45) is 2.82. The SMILES string of the molecule is CCC(Br)c1nnc(-c2nccc3ccccc23)s1. The Kier molecular flexibility index (Phi) is 3.57. The second-order valence-electron chi connectivity index (χ2n) is 4.20. The van der Waals surface area contributed by atoms with Gasteiger partial charge in [-0.15, -0.1) is 10.2 Å². The zero-order valence-corrected chi connectivity index (χ0v) is 12.8. The largest absolute Gasteiger partial charge is 0.253 e. The number of rotatable bonds is 3. The van der Waals surface area contributed by atoms with E-state index in [-0.39, 0.29) is 4.83 Å². The van der Waals surface area contributed by atoms with Crippen LogP contribution in [0.15, 0.2) is 36.5 Å². The highest BCUT2D eigenvalue weighted by molar-refractivity contribution is 9.09. The summed E-state index contributed by atoms with van der Waals surface area (Å²) in [6, 6.07) is 10.2. The molecular weight excluding hydrogens is 322 g/mol. The monoisotopic (exact) mass is 333 g/mol. The fourth-order valence-corrected chi connectivity index (χ4v) is 3.21. The van der Waals surface area contributed by atoms with E-state index in [2.05, 4.69) is 50.2 Å². The average Bonchev–Trinajstić information content (AvgIpc) is 2.95. The van der Waals surface area contributed by atoms with E-state index in [9.17, 15) is 0 Å². The van der Waals surface area contributed by atoms with Crippen LogP contribution >= 0.6 is 27.3 Å². The zero-order valence-electron chi connectivity index (χ0n) is 10.4. The molecule has 19 heavy (non-hydrogen) atoms. The molecule has 1 atom stereocenters. The number of halogens is 1. The highest BCUT2D eigenvalue weighted by Gasteiger charge is 2.15. The Bertz CT molecular complexity index is 705. The van der Waals surface area contributed by atoms with Gasteiger partial charge in [-0.2, -0.15) is 0 Å². The summed E-state index contributed by atoms with van der Waals surface area (Å²) in [5, 5.41) is 12.7. The Morgan fingerprint density at radius 1 is 1.21 bits per heavy atom. The van der Waals surface area contributed by atoms with Crippen molar-refractivity contribution in [3.63, 3.8) is 0 Å². The molecule has 0 radical (unpaired) electrons. The number of pyridine rings is 1. The average molecular weight is 334 g/mol. The molecule has 1 aromatic carbocycles. The van der Waals surface area contributed by atoms with Crippen LogP contribution in [0.25, 0.3) is 21.5 Å². The molecule has 0 amide bonds. The van der Waals surface area contributed by atoms with E-state index < -0.39 is 0 Å². The van der Waals surface area contributed by atoms with Gasteiger partial charge in [-0.1, -0.05) is 58.5 Å². The quantitative estimate of drug-likeness (QED) is 0.657. The number of hydrogen-bond acceptors (Lipinski definition) is 4. The summed E-state index contributed by atoms with van der Waals surface area (Å²) >= 11 is 5.21. The van der Waals surface area contributed by atoms with Crippen molar-refractivity contribution in [2.24, 2.45) is 0 Å². The maximum absolute atomic E-state index is 4.47. The molecule has 3 nitrogen and oxygen atoms in total. The molecular formula is C14H12BrN3S. The molecule has 0 N–H and O–H groups in total. The molecule has 0 saturated carbocycles. The fourth-order valence-electron chi connectivity index (χ4n) is 1.92. The van der Waals surface area contributed by atoms with Gasteiger partial charge >= 0.3 is 0 Å². The first-order valence-electron chi connectivity index (χ1n) is 6.11. The van der Waals surface area contributed by atoms with Crippen molar-refractivity contribution in [3.8, 4) is 10.7 Å². The van der Waals surface area contributed by atoms with Gasteiger partial charge in [0.15, 0.2) is 5.01 Å². The normalized spacial score (nSPS) is 12.7. The van der Waals surface area contributed by atoms with Crippen LogP contribution in [-0.2, 0) is 0 Å². The Balaban J connectivity index is 2.12. The van der Waals surface area contributed by atoms with E-state index in [0.717, 1.165) is 27.5 Å². The molecule has 0 fully saturated rings. The minimum absolute atomic E-state index is 0.272. The van der Waals surface area contributed by atoms with Crippen molar-refractivity contribution in [1.29, 1.82) is 0 Å². The van der Waals surface area contributed by atoms with Crippen LogP contribution in [0.3, 0.4) is 0 Å². The lowest BCUT2D eigenvalue weighted by molar-refractivity contribution is 0.870. The summed E-state index contributed by atoms with van der Waals surface area (Å²) in [5.74, 6) is 0. The smallest absolute Gasteiger partial charge is 0.166 e. The lowest BCUT2D eigenvalue weighted by atomic mass is 10.1. The predicted molar refractivity (Wildman–Crippen MR) is 82.6 cm³/mol. The molecule has 2 aromatic heterocycles. The van der Waals surface area contributed by atoms with E-state index in [0.29, 0.717) is 0 Å². The van der Waals surface area contributed by atoms with Crippen molar-refractivity contribution in [1.82, 2.24) is 15.2 Å². The lowest BCUT2D eigenvalue weighted by Crippen LogP contribution is -1.85. The number of alkyl halides is 1. The third-order valence-corrected chi connectivity index (χ3v) is 5.37. The highest BCUT2D eigenvalue weighted by Crippen LogP contribution is 2.34. The Morgan fingerprint density at radius 3 is 2.89 bits per heavy atom. The number of aromatic nitrogens is 3. The fraction of sp³-hybridized carbons (Fsp3) is 0.214. The van der Waals surface area contributed by atoms with E-state index in [4.69, 9.17) is 0 Å². The van der Waals surface area contributed by atoms with E-state index in [1.807, 2.05) is 24.4 Å². The first kappa shape index (κ1) is 12.7. The molecule has 1 unspecified atom stereocenters. The summed E-state index contributed by atoms with van der Waals surface area (Å²) in [5.41, 5.74) is 0.914. The molecule has 2 heterocycles.